The largest absolute Gasteiger partial charge is 0.341 e. The summed E-state index contributed by atoms with van der Waals surface area (Å²) in [6.45, 7) is 2.56. The van der Waals surface area contributed by atoms with Crippen molar-refractivity contribution in [2.75, 3.05) is 7.05 Å². The average Bonchev–Trinajstić information content (AvgIpc) is 2.91. The normalized spacial score (nSPS) is 22.4. The number of nitrogens with zero attached hydrogens (tertiary/aromatic N) is 4. The Morgan fingerprint density at radius 1 is 1.29 bits per heavy atom. The second-order valence-corrected chi connectivity index (χ2v) is 6.15. The van der Waals surface area contributed by atoms with Crippen LogP contribution >= 0.6 is 0 Å². The van der Waals surface area contributed by atoms with Gasteiger partial charge in [-0.3, -0.25) is 4.79 Å². The summed E-state index contributed by atoms with van der Waals surface area (Å²) in [6, 6.07) is 8.11. The molecule has 1 aliphatic rings. The Morgan fingerprint density at radius 2 is 2.00 bits per heavy atom. The van der Waals surface area contributed by atoms with E-state index in [2.05, 4.69) is 17.2 Å². The topological polar surface area (TPSA) is 51.0 Å². The molecule has 0 radical (unpaired) electrons. The summed E-state index contributed by atoms with van der Waals surface area (Å²) in [5.41, 5.74) is 1.75. The molecule has 0 spiro atoms. The molecule has 1 saturated carbocycles. The maximum atomic E-state index is 12.5. The van der Waals surface area contributed by atoms with Crippen molar-refractivity contribution in [1.82, 2.24) is 19.9 Å². The van der Waals surface area contributed by atoms with E-state index in [-0.39, 0.29) is 12.5 Å². The van der Waals surface area contributed by atoms with Crippen molar-refractivity contribution in [3.8, 4) is 0 Å². The lowest BCUT2D eigenvalue weighted by atomic mass is 9.87. The first-order chi connectivity index (χ1) is 10.1. The molecule has 1 heterocycles. The SMILES string of the molecule is CC1CCC(N(C)C(=O)Cn2nnc3ccccc32)CC1. The summed E-state index contributed by atoms with van der Waals surface area (Å²) < 4.78 is 1.69. The van der Waals surface area contributed by atoms with Crippen LogP contribution in [0.5, 0.6) is 0 Å². The zero-order valence-electron chi connectivity index (χ0n) is 12.7. The van der Waals surface area contributed by atoms with Crippen molar-refractivity contribution in [2.45, 2.75) is 45.2 Å². The Bertz CT molecular complexity index is 628. The molecule has 21 heavy (non-hydrogen) atoms. The molecule has 0 N–H and O–H groups in total. The third-order valence-electron chi connectivity index (χ3n) is 4.63. The molecule has 0 aliphatic heterocycles. The number of hydrogen-bond acceptors (Lipinski definition) is 3. The Kier molecular flexibility index (Phi) is 3.90. The molecule has 112 valence electrons. The third kappa shape index (κ3) is 2.91. The first-order valence-electron chi connectivity index (χ1n) is 7.69. The zero-order valence-corrected chi connectivity index (χ0v) is 12.7. The molecule has 2 aromatic rings. The number of fused-ring (bicyclic) bond motifs is 1. The van der Waals surface area contributed by atoms with E-state index in [0.717, 1.165) is 29.8 Å². The number of rotatable bonds is 3. The highest BCUT2D eigenvalue weighted by molar-refractivity contribution is 5.79. The van der Waals surface area contributed by atoms with Crippen LogP contribution in [0.3, 0.4) is 0 Å². The Morgan fingerprint density at radius 3 is 2.76 bits per heavy atom. The van der Waals surface area contributed by atoms with Crippen molar-refractivity contribution < 1.29 is 4.79 Å². The fraction of sp³-hybridized carbons (Fsp3) is 0.562. The molecule has 1 aliphatic carbocycles. The molecule has 0 bridgehead atoms. The molecular formula is C16H22N4O. The molecule has 1 aromatic carbocycles. The lowest BCUT2D eigenvalue weighted by Crippen LogP contribution is -2.41. The van der Waals surface area contributed by atoms with Crippen molar-refractivity contribution in [2.24, 2.45) is 5.92 Å². The minimum absolute atomic E-state index is 0.116. The lowest BCUT2D eigenvalue weighted by Gasteiger charge is -2.33. The number of carbonyl (C=O) groups excluding carboxylic acids is 1. The van der Waals surface area contributed by atoms with Crippen LogP contribution in [0.1, 0.15) is 32.6 Å². The van der Waals surface area contributed by atoms with Gasteiger partial charge < -0.3 is 4.90 Å². The second kappa shape index (κ2) is 5.84. The van der Waals surface area contributed by atoms with Gasteiger partial charge in [-0.25, -0.2) is 4.68 Å². The van der Waals surface area contributed by atoms with Crippen molar-refractivity contribution >= 4 is 16.9 Å². The van der Waals surface area contributed by atoms with Crippen LogP contribution in [-0.2, 0) is 11.3 Å². The van der Waals surface area contributed by atoms with Gasteiger partial charge in [-0.2, -0.15) is 0 Å². The predicted molar refractivity (Wildman–Crippen MR) is 81.7 cm³/mol. The van der Waals surface area contributed by atoms with Gasteiger partial charge in [-0.1, -0.05) is 24.3 Å². The maximum absolute atomic E-state index is 12.5. The number of benzene rings is 1. The predicted octanol–water partition coefficient (Wildman–Crippen LogP) is 2.47. The quantitative estimate of drug-likeness (QED) is 0.871. The van der Waals surface area contributed by atoms with Gasteiger partial charge in [0, 0.05) is 13.1 Å². The first kappa shape index (κ1) is 14.0. The number of likely N-dealkylation sites (N-methyl/N-ethyl adjacent to an activating group) is 1. The monoisotopic (exact) mass is 286 g/mol. The van der Waals surface area contributed by atoms with Crippen LogP contribution in [0, 0.1) is 5.92 Å². The minimum atomic E-state index is 0.116. The summed E-state index contributed by atoms with van der Waals surface area (Å²) in [6.07, 6.45) is 4.66. The van der Waals surface area contributed by atoms with Crippen LogP contribution in [0.15, 0.2) is 24.3 Å². The van der Waals surface area contributed by atoms with Crippen LogP contribution in [0.4, 0.5) is 0 Å². The molecule has 0 saturated heterocycles. The lowest BCUT2D eigenvalue weighted by molar-refractivity contribution is -0.133. The van der Waals surface area contributed by atoms with Crippen molar-refractivity contribution in [1.29, 1.82) is 0 Å². The van der Waals surface area contributed by atoms with Gasteiger partial charge in [0.25, 0.3) is 0 Å². The van der Waals surface area contributed by atoms with Gasteiger partial charge in [0.15, 0.2) is 0 Å². The van der Waals surface area contributed by atoms with Crippen molar-refractivity contribution in [3.05, 3.63) is 24.3 Å². The van der Waals surface area contributed by atoms with E-state index < -0.39 is 0 Å². The first-order valence-corrected chi connectivity index (χ1v) is 7.69. The fourth-order valence-electron chi connectivity index (χ4n) is 3.11. The van der Waals surface area contributed by atoms with Gasteiger partial charge in [0.05, 0.1) is 5.52 Å². The zero-order chi connectivity index (χ0) is 14.8. The summed E-state index contributed by atoms with van der Waals surface area (Å²) in [4.78, 5) is 14.4. The van der Waals surface area contributed by atoms with E-state index in [1.54, 1.807) is 4.68 Å². The third-order valence-corrected chi connectivity index (χ3v) is 4.63. The van der Waals surface area contributed by atoms with Gasteiger partial charge in [-0.05, 0) is 43.7 Å². The molecular weight excluding hydrogens is 264 g/mol. The molecule has 5 nitrogen and oxygen atoms in total. The van der Waals surface area contributed by atoms with E-state index in [9.17, 15) is 4.79 Å². The van der Waals surface area contributed by atoms with Gasteiger partial charge in [0.2, 0.25) is 5.91 Å². The van der Waals surface area contributed by atoms with Gasteiger partial charge in [0.1, 0.15) is 12.1 Å². The Labute approximate surface area is 124 Å². The highest BCUT2D eigenvalue weighted by atomic mass is 16.2. The molecule has 1 amide bonds. The molecule has 1 fully saturated rings. The van der Waals surface area contributed by atoms with E-state index in [0.29, 0.717) is 6.04 Å². The standard InChI is InChI=1S/C16H22N4O/c1-12-7-9-13(10-8-12)19(2)16(21)11-20-15-6-4-3-5-14(15)17-18-20/h3-6,12-13H,7-11H2,1-2H3. The van der Waals surface area contributed by atoms with E-state index in [1.165, 1.54) is 12.8 Å². The maximum Gasteiger partial charge on any atom is 0.244 e. The summed E-state index contributed by atoms with van der Waals surface area (Å²) >= 11 is 0. The minimum Gasteiger partial charge on any atom is -0.341 e. The van der Waals surface area contributed by atoms with Crippen LogP contribution in [-0.4, -0.2) is 38.9 Å². The number of hydrogen-bond donors (Lipinski definition) is 0. The Balaban J connectivity index is 1.68. The summed E-state index contributed by atoms with van der Waals surface area (Å²) in [7, 11) is 1.92. The highest BCUT2D eigenvalue weighted by Crippen LogP contribution is 2.26. The number of amides is 1. The molecule has 0 unspecified atom stereocenters. The summed E-state index contributed by atoms with van der Waals surface area (Å²) in [5, 5.41) is 8.19. The molecule has 1 aromatic heterocycles. The van der Waals surface area contributed by atoms with E-state index in [4.69, 9.17) is 0 Å². The average molecular weight is 286 g/mol. The van der Waals surface area contributed by atoms with Crippen molar-refractivity contribution in [3.63, 3.8) is 0 Å². The van der Waals surface area contributed by atoms with Crippen LogP contribution in [0.2, 0.25) is 0 Å². The smallest absolute Gasteiger partial charge is 0.244 e. The van der Waals surface area contributed by atoms with E-state index >= 15 is 0 Å². The molecule has 5 heteroatoms. The molecule has 0 atom stereocenters. The second-order valence-electron chi connectivity index (χ2n) is 6.15. The fourth-order valence-corrected chi connectivity index (χ4v) is 3.11. The van der Waals surface area contributed by atoms with E-state index in [1.807, 2.05) is 36.2 Å². The Hall–Kier alpha value is -1.91. The molecule has 3 rings (SSSR count). The number of aromatic nitrogens is 3. The summed E-state index contributed by atoms with van der Waals surface area (Å²) in [5.74, 6) is 0.911. The van der Waals surface area contributed by atoms with Crippen LogP contribution < -0.4 is 0 Å². The van der Waals surface area contributed by atoms with Gasteiger partial charge >= 0.3 is 0 Å². The number of para-hydroxylation sites is 1. The van der Waals surface area contributed by atoms with Crippen LogP contribution in [0.25, 0.3) is 11.0 Å². The number of carbonyl (C=O) groups is 1. The highest BCUT2D eigenvalue weighted by Gasteiger charge is 2.25. The van der Waals surface area contributed by atoms with Gasteiger partial charge in [-0.15, -0.1) is 5.10 Å².